The van der Waals surface area contributed by atoms with Gasteiger partial charge in [0.05, 0.1) is 5.69 Å². The number of hydrogen-bond donors (Lipinski definition) is 2. The normalized spacial score (nSPS) is 10.1. The quantitative estimate of drug-likeness (QED) is 0.790. The summed E-state index contributed by atoms with van der Waals surface area (Å²) >= 11 is 1.63. The van der Waals surface area contributed by atoms with E-state index < -0.39 is 0 Å². The van der Waals surface area contributed by atoms with Gasteiger partial charge in [0.25, 0.3) is 0 Å². The smallest absolute Gasteiger partial charge is 0.136 e. The number of nitrogens with two attached hydrogens (primary N) is 1. The van der Waals surface area contributed by atoms with E-state index in [-0.39, 0.29) is 0 Å². The van der Waals surface area contributed by atoms with Crippen LogP contribution in [0.2, 0.25) is 0 Å². The van der Waals surface area contributed by atoms with E-state index in [2.05, 4.69) is 15.3 Å². The molecule has 4 nitrogen and oxygen atoms in total. The third-order valence-corrected chi connectivity index (χ3v) is 2.33. The van der Waals surface area contributed by atoms with E-state index >= 15 is 0 Å². The second-order valence-electron chi connectivity index (χ2n) is 2.86. The molecule has 0 aliphatic carbocycles. The van der Waals surface area contributed by atoms with Gasteiger partial charge in [-0.3, -0.25) is 0 Å². The summed E-state index contributed by atoms with van der Waals surface area (Å²) in [7, 11) is 0. The van der Waals surface area contributed by atoms with Gasteiger partial charge >= 0.3 is 0 Å². The van der Waals surface area contributed by atoms with Gasteiger partial charge in [0.2, 0.25) is 0 Å². The topological polar surface area (TPSA) is 63.8 Å². The van der Waals surface area contributed by atoms with E-state index in [1.54, 1.807) is 17.4 Å². The lowest BCUT2D eigenvalue weighted by atomic mass is 10.4. The molecule has 0 radical (unpaired) electrons. The molecule has 0 fully saturated rings. The first-order valence-corrected chi connectivity index (χ1v) is 5.09. The largest absolute Gasteiger partial charge is 0.384 e. The lowest BCUT2D eigenvalue weighted by Gasteiger charge is -2.04. The van der Waals surface area contributed by atoms with Crippen LogP contribution in [0.15, 0.2) is 22.9 Å². The van der Waals surface area contributed by atoms with Crippen LogP contribution in [-0.4, -0.2) is 9.97 Å². The fourth-order valence-corrected chi connectivity index (χ4v) is 1.73. The lowest BCUT2D eigenvalue weighted by Crippen LogP contribution is -1.99. The van der Waals surface area contributed by atoms with Gasteiger partial charge in [-0.15, -0.1) is 0 Å². The van der Waals surface area contributed by atoms with Gasteiger partial charge in [-0.05, 0) is 18.4 Å². The third-order valence-electron chi connectivity index (χ3n) is 1.65. The zero-order valence-corrected chi connectivity index (χ0v) is 8.51. The highest BCUT2D eigenvalue weighted by molar-refractivity contribution is 7.08. The Kier molecular flexibility index (Phi) is 2.32. The highest BCUT2D eigenvalue weighted by atomic mass is 32.1. The van der Waals surface area contributed by atoms with Gasteiger partial charge in [-0.2, -0.15) is 11.3 Å². The number of rotatable bonds is 2. The Labute approximate surface area is 85.8 Å². The first-order chi connectivity index (χ1) is 6.74. The Balaban J connectivity index is 2.25. The van der Waals surface area contributed by atoms with Crippen LogP contribution in [0.25, 0.3) is 0 Å². The molecule has 0 saturated carbocycles. The second kappa shape index (κ2) is 3.63. The molecule has 0 aliphatic rings. The highest BCUT2D eigenvalue weighted by Crippen LogP contribution is 2.18. The van der Waals surface area contributed by atoms with Crippen LogP contribution in [0.4, 0.5) is 17.3 Å². The maximum Gasteiger partial charge on any atom is 0.136 e. The molecule has 0 saturated heterocycles. The molecule has 0 amide bonds. The number of nitrogen functional groups attached to an aromatic ring is 1. The predicted octanol–water partition coefficient (Wildman–Crippen LogP) is 2.17. The molecule has 2 rings (SSSR count). The zero-order chi connectivity index (χ0) is 9.97. The Bertz CT molecular complexity index is 404. The van der Waals surface area contributed by atoms with E-state index in [0.717, 1.165) is 11.5 Å². The average Bonchev–Trinajstić information content (AvgIpc) is 2.54. The van der Waals surface area contributed by atoms with Crippen molar-refractivity contribution in [3.63, 3.8) is 0 Å². The fourth-order valence-electron chi connectivity index (χ4n) is 1.14. The van der Waals surface area contributed by atoms with Crippen molar-refractivity contribution < 1.29 is 0 Å². The van der Waals surface area contributed by atoms with Crippen molar-refractivity contribution in [1.82, 2.24) is 9.97 Å². The number of hydrogen-bond acceptors (Lipinski definition) is 5. The van der Waals surface area contributed by atoms with Gasteiger partial charge in [0, 0.05) is 11.4 Å². The van der Waals surface area contributed by atoms with Gasteiger partial charge in [0.1, 0.15) is 17.5 Å². The highest BCUT2D eigenvalue weighted by Gasteiger charge is 1.99. The molecule has 0 bridgehead atoms. The van der Waals surface area contributed by atoms with Gasteiger partial charge in [-0.25, -0.2) is 9.97 Å². The molecular weight excluding hydrogens is 196 g/mol. The second-order valence-corrected chi connectivity index (χ2v) is 3.64. The van der Waals surface area contributed by atoms with Crippen LogP contribution < -0.4 is 11.1 Å². The summed E-state index contributed by atoms with van der Waals surface area (Å²) in [6, 6.07) is 3.70. The molecule has 2 aromatic heterocycles. The lowest BCUT2D eigenvalue weighted by molar-refractivity contribution is 1.06. The van der Waals surface area contributed by atoms with Crippen molar-refractivity contribution >= 4 is 28.7 Å². The van der Waals surface area contributed by atoms with Gasteiger partial charge in [-0.1, -0.05) is 0 Å². The molecule has 72 valence electrons. The minimum atomic E-state index is 0.482. The van der Waals surface area contributed by atoms with Crippen LogP contribution in [0.1, 0.15) is 5.82 Å². The summed E-state index contributed by atoms with van der Waals surface area (Å²) in [5.74, 6) is 1.88. The molecule has 2 heterocycles. The molecular formula is C9H10N4S. The number of nitrogens with zero attached hydrogens (tertiary/aromatic N) is 2. The minimum Gasteiger partial charge on any atom is -0.384 e. The van der Waals surface area contributed by atoms with Crippen LogP contribution in [0, 0.1) is 6.92 Å². The summed E-state index contributed by atoms with van der Waals surface area (Å²) in [4.78, 5) is 8.20. The fraction of sp³-hybridized carbons (Fsp3) is 0.111. The third kappa shape index (κ3) is 2.00. The predicted molar refractivity (Wildman–Crippen MR) is 58.8 cm³/mol. The molecule has 0 aromatic carbocycles. The molecule has 14 heavy (non-hydrogen) atoms. The molecule has 0 spiro atoms. The van der Waals surface area contributed by atoms with Crippen molar-refractivity contribution in [3.8, 4) is 0 Å². The molecule has 3 N–H and O–H groups in total. The van der Waals surface area contributed by atoms with Crippen molar-refractivity contribution in [3.05, 3.63) is 28.7 Å². The Hall–Kier alpha value is -1.62. The van der Waals surface area contributed by atoms with E-state index in [4.69, 9.17) is 5.73 Å². The summed E-state index contributed by atoms with van der Waals surface area (Å²) in [6.45, 7) is 1.81. The molecule has 5 heteroatoms. The van der Waals surface area contributed by atoms with Gasteiger partial charge in [0.15, 0.2) is 0 Å². The van der Waals surface area contributed by atoms with Crippen LogP contribution in [0.5, 0.6) is 0 Å². The van der Waals surface area contributed by atoms with E-state index in [9.17, 15) is 0 Å². The summed E-state index contributed by atoms with van der Waals surface area (Å²) < 4.78 is 0. The number of thiophene rings is 1. The van der Waals surface area contributed by atoms with Crippen LogP contribution in [-0.2, 0) is 0 Å². The van der Waals surface area contributed by atoms with E-state index in [1.165, 1.54) is 0 Å². The van der Waals surface area contributed by atoms with E-state index in [0.29, 0.717) is 11.6 Å². The Morgan fingerprint density at radius 1 is 1.43 bits per heavy atom. The van der Waals surface area contributed by atoms with E-state index in [1.807, 2.05) is 23.8 Å². The summed E-state index contributed by atoms with van der Waals surface area (Å²) in [5.41, 5.74) is 6.62. The van der Waals surface area contributed by atoms with Crippen molar-refractivity contribution in [2.24, 2.45) is 0 Å². The first kappa shape index (κ1) is 8.96. The first-order valence-electron chi connectivity index (χ1n) is 4.14. The van der Waals surface area contributed by atoms with Crippen LogP contribution in [0.3, 0.4) is 0 Å². The zero-order valence-electron chi connectivity index (χ0n) is 7.69. The molecule has 0 aliphatic heterocycles. The monoisotopic (exact) mass is 206 g/mol. The SMILES string of the molecule is Cc1nc(N)cc(Nc2ccsc2)n1. The standard InChI is InChI=1S/C9H10N4S/c1-6-11-8(10)4-9(12-6)13-7-2-3-14-5-7/h2-5H,1H3,(H3,10,11,12,13). The number of aryl methyl sites for hydroxylation is 1. The van der Waals surface area contributed by atoms with Crippen LogP contribution >= 0.6 is 11.3 Å². The van der Waals surface area contributed by atoms with Crippen molar-refractivity contribution in [1.29, 1.82) is 0 Å². The van der Waals surface area contributed by atoms with Crippen molar-refractivity contribution in [2.75, 3.05) is 11.1 Å². The molecule has 0 unspecified atom stereocenters. The summed E-state index contributed by atoms with van der Waals surface area (Å²) in [6.07, 6.45) is 0. The molecule has 0 atom stereocenters. The van der Waals surface area contributed by atoms with Crippen molar-refractivity contribution in [2.45, 2.75) is 6.92 Å². The number of nitrogens with one attached hydrogen (secondary N) is 1. The minimum absolute atomic E-state index is 0.482. The number of aromatic nitrogens is 2. The number of anilines is 3. The Morgan fingerprint density at radius 3 is 2.93 bits per heavy atom. The van der Waals surface area contributed by atoms with Gasteiger partial charge < -0.3 is 11.1 Å². The average molecular weight is 206 g/mol. The maximum atomic E-state index is 5.60. The Morgan fingerprint density at radius 2 is 2.29 bits per heavy atom. The summed E-state index contributed by atoms with van der Waals surface area (Å²) in [5, 5.41) is 7.15. The molecule has 2 aromatic rings. The maximum absolute atomic E-state index is 5.60.